The van der Waals surface area contributed by atoms with Crippen molar-refractivity contribution in [2.45, 2.75) is 39.3 Å². The SMILES string of the molecule is Cc1nc(C)n(CC(=O)N2CCC(c3cc(COc4ccccc4Cl)[nH]n3)C2)n1. The second-order valence-corrected chi connectivity index (χ2v) is 7.63. The highest BCUT2D eigenvalue weighted by Crippen LogP contribution is 2.27. The number of aromatic amines is 1. The van der Waals surface area contributed by atoms with Gasteiger partial charge in [-0.25, -0.2) is 9.67 Å². The summed E-state index contributed by atoms with van der Waals surface area (Å²) in [6.07, 6.45) is 0.886. The van der Waals surface area contributed by atoms with Gasteiger partial charge in [-0.05, 0) is 38.5 Å². The van der Waals surface area contributed by atoms with Crippen molar-refractivity contribution in [1.29, 1.82) is 0 Å². The largest absolute Gasteiger partial charge is 0.486 e. The van der Waals surface area contributed by atoms with E-state index in [1.165, 1.54) is 0 Å². The third-order valence-corrected chi connectivity index (χ3v) is 5.39. The second-order valence-electron chi connectivity index (χ2n) is 7.23. The van der Waals surface area contributed by atoms with Gasteiger partial charge in [-0.1, -0.05) is 23.7 Å². The summed E-state index contributed by atoms with van der Waals surface area (Å²) in [5.41, 5.74) is 1.82. The molecule has 2 aromatic heterocycles. The minimum atomic E-state index is 0.0540. The first-order valence-corrected chi connectivity index (χ1v) is 9.94. The molecule has 1 aliphatic rings. The first kappa shape index (κ1) is 19.4. The Morgan fingerprint density at radius 2 is 2.17 bits per heavy atom. The number of ether oxygens (including phenoxy) is 1. The lowest BCUT2D eigenvalue weighted by Gasteiger charge is -2.16. The van der Waals surface area contributed by atoms with Crippen LogP contribution in [0.1, 0.15) is 35.4 Å². The lowest BCUT2D eigenvalue weighted by molar-refractivity contribution is -0.131. The molecule has 0 bridgehead atoms. The Labute approximate surface area is 173 Å². The highest BCUT2D eigenvalue weighted by Gasteiger charge is 2.29. The maximum absolute atomic E-state index is 12.6. The van der Waals surface area contributed by atoms with Crippen molar-refractivity contribution in [2.24, 2.45) is 0 Å². The monoisotopic (exact) mass is 414 g/mol. The van der Waals surface area contributed by atoms with Gasteiger partial charge >= 0.3 is 0 Å². The molecule has 3 heterocycles. The number of para-hydroxylation sites is 1. The molecule has 1 amide bonds. The van der Waals surface area contributed by atoms with Crippen molar-refractivity contribution in [3.8, 4) is 5.75 Å². The van der Waals surface area contributed by atoms with E-state index in [9.17, 15) is 4.79 Å². The fourth-order valence-electron chi connectivity index (χ4n) is 3.55. The number of likely N-dealkylation sites (tertiary alicyclic amines) is 1. The van der Waals surface area contributed by atoms with Crippen molar-refractivity contribution in [1.82, 2.24) is 29.9 Å². The molecule has 0 aliphatic carbocycles. The lowest BCUT2D eigenvalue weighted by atomic mass is 10.1. The van der Waals surface area contributed by atoms with Crippen molar-refractivity contribution >= 4 is 17.5 Å². The summed E-state index contributed by atoms with van der Waals surface area (Å²) in [5.74, 6) is 2.34. The van der Waals surface area contributed by atoms with Crippen LogP contribution in [0.3, 0.4) is 0 Å². The molecule has 8 nitrogen and oxygen atoms in total. The molecular weight excluding hydrogens is 392 g/mol. The Morgan fingerprint density at radius 1 is 1.34 bits per heavy atom. The molecular formula is C20H23ClN6O2. The number of carbonyl (C=O) groups excluding carboxylic acids is 1. The van der Waals surface area contributed by atoms with Crippen LogP contribution in [-0.2, 0) is 17.9 Å². The molecule has 0 spiro atoms. The van der Waals surface area contributed by atoms with Gasteiger partial charge in [-0.3, -0.25) is 9.89 Å². The van der Waals surface area contributed by atoms with Crippen molar-refractivity contribution in [3.05, 3.63) is 58.4 Å². The van der Waals surface area contributed by atoms with Crippen LogP contribution in [0.15, 0.2) is 30.3 Å². The molecule has 1 fully saturated rings. The number of benzene rings is 1. The molecule has 1 atom stereocenters. The molecule has 1 aromatic carbocycles. The number of hydrogen-bond donors (Lipinski definition) is 1. The van der Waals surface area contributed by atoms with Gasteiger partial charge in [0.2, 0.25) is 5.91 Å². The summed E-state index contributed by atoms with van der Waals surface area (Å²) < 4.78 is 7.41. The number of aromatic nitrogens is 5. The molecule has 152 valence electrons. The minimum Gasteiger partial charge on any atom is -0.486 e. The number of rotatable bonds is 6. The quantitative estimate of drug-likeness (QED) is 0.670. The summed E-state index contributed by atoms with van der Waals surface area (Å²) in [6.45, 7) is 5.63. The molecule has 0 saturated carbocycles. The van der Waals surface area contributed by atoms with E-state index in [1.54, 1.807) is 10.7 Å². The van der Waals surface area contributed by atoms with E-state index in [1.807, 2.05) is 43.0 Å². The molecule has 0 radical (unpaired) electrons. The lowest BCUT2D eigenvalue weighted by Crippen LogP contribution is -2.32. The van der Waals surface area contributed by atoms with E-state index in [4.69, 9.17) is 16.3 Å². The van der Waals surface area contributed by atoms with Crippen LogP contribution in [0.25, 0.3) is 0 Å². The number of nitrogens with one attached hydrogen (secondary N) is 1. The molecule has 4 rings (SSSR count). The Hall–Kier alpha value is -2.87. The second kappa shape index (κ2) is 8.24. The summed E-state index contributed by atoms with van der Waals surface area (Å²) in [5, 5.41) is 12.3. The maximum Gasteiger partial charge on any atom is 0.244 e. The summed E-state index contributed by atoms with van der Waals surface area (Å²) >= 11 is 6.12. The molecule has 1 saturated heterocycles. The minimum absolute atomic E-state index is 0.0540. The first-order chi connectivity index (χ1) is 14.0. The molecule has 9 heteroatoms. The van der Waals surface area contributed by atoms with Gasteiger partial charge in [0.15, 0.2) is 0 Å². The zero-order chi connectivity index (χ0) is 20.4. The fourth-order valence-corrected chi connectivity index (χ4v) is 3.74. The number of aryl methyl sites for hydroxylation is 2. The smallest absolute Gasteiger partial charge is 0.244 e. The van der Waals surface area contributed by atoms with E-state index in [0.29, 0.717) is 36.3 Å². The predicted octanol–water partition coefficient (Wildman–Crippen LogP) is 2.87. The third kappa shape index (κ3) is 4.42. The molecule has 29 heavy (non-hydrogen) atoms. The Morgan fingerprint density at radius 3 is 2.93 bits per heavy atom. The van der Waals surface area contributed by atoms with Crippen molar-refractivity contribution in [3.63, 3.8) is 0 Å². The number of amides is 1. The van der Waals surface area contributed by atoms with E-state index >= 15 is 0 Å². The van der Waals surface area contributed by atoms with Gasteiger partial charge in [0.25, 0.3) is 0 Å². The third-order valence-electron chi connectivity index (χ3n) is 5.08. The van der Waals surface area contributed by atoms with Crippen molar-refractivity contribution < 1.29 is 9.53 Å². The number of halogens is 1. The Bertz CT molecular complexity index is 1010. The summed E-state index contributed by atoms with van der Waals surface area (Å²) in [6, 6.07) is 9.37. The number of carbonyl (C=O) groups is 1. The van der Waals surface area contributed by atoms with Gasteiger partial charge in [-0.15, -0.1) is 0 Å². The number of nitrogens with zero attached hydrogens (tertiary/aromatic N) is 5. The van der Waals surface area contributed by atoms with E-state index in [-0.39, 0.29) is 18.4 Å². The van der Waals surface area contributed by atoms with Crippen LogP contribution in [0.4, 0.5) is 0 Å². The summed E-state index contributed by atoms with van der Waals surface area (Å²) in [4.78, 5) is 18.7. The van der Waals surface area contributed by atoms with Crippen LogP contribution < -0.4 is 4.74 Å². The standard InChI is InChI=1S/C20H23ClN6O2/c1-13-22-14(2)27(25-13)11-20(28)26-8-7-15(10-26)18-9-16(23-24-18)12-29-19-6-4-3-5-17(19)21/h3-6,9,15H,7-8,10-12H2,1-2H3,(H,23,24). The zero-order valence-electron chi connectivity index (χ0n) is 16.4. The molecule has 1 N–H and O–H groups in total. The summed E-state index contributed by atoms with van der Waals surface area (Å²) in [7, 11) is 0. The molecule has 1 aliphatic heterocycles. The van der Waals surface area contributed by atoms with Crippen LogP contribution in [0.5, 0.6) is 5.75 Å². The van der Waals surface area contributed by atoms with Gasteiger partial charge in [0.1, 0.15) is 30.5 Å². The number of hydrogen-bond acceptors (Lipinski definition) is 5. The zero-order valence-corrected chi connectivity index (χ0v) is 17.2. The average Bonchev–Trinajstić information content (AvgIpc) is 3.41. The van der Waals surface area contributed by atoms with Crippen molar-refractivity contribution in [2.75, 3.05) is 13.1 Å². The highest BCUT2D eigenvalue weighted by molar-refractivity contribution is 6.32. The highest BCUT2D eigenvalue weighted by atomic mass is 35.5. The van der Waals surface area contributed by atoms with E-state index < -0.39 is 0 Å². The van der Waals surface area contributed by atoms with E-state index in [2.05, 4.69) is 20.3 Å². The van der Waals surface area contributed by atoms with Crippen LogP contribution in [0.2, 0.25) is 5.02 Å². The normalized spacial score (nSPS) is 16.4. The average molecular weight is 415 g/mol. The van der Waals surface area contributed by atoms with E-state index in [0.717, 1.165) is 23.6 Å². The van der Waals surface area contributed by atoms with Gasteiger partial charge in [0.05, 0.1) is 16.4 Å². The van der Waals surface area contributed by atoms with Crippen LogP contribution in [0, 0.1) is 13.8 Å². The predicted molar refractivity (Wildman–Crippen MR) is 108 cm³/mol. The topological polar surface area (TPSA) is 88.9 Å². The maximum atomic E-state index is 12.6. The van der Waals surface area contributed by atoms with Crippen LogP contribution >= 0.6 is 11.6 Å². The first-order valence-electron chi connectivity index (χ1n) is 9.57. The Balaban J connectivity index is 1.33. The number of H-pyrrole nitrogens is 1. The van der Waals surface area contributed by atoms with Gasteiger partial charge in [0, 0.05) is 19.0 Å². The van der Waals surface area contributed by atoms with Crippen LogP contribution in [-0.4, -0.2) is 48.9 Å². The Kier molecular flexibility index (Phi) is 5.53. The van der Waals surface area contributed by atoms with Gasteiger partial charge in [-0.2, -0.15) is 10.2 Å². The van der Waals surface area contributed by atoms with Gasteiger partial charge < -0.3 is 9.64 Å². The fraction of sp³-hybridized carbons (Fsp3) is 0.400. The molecule has 3 aromatic rings. The molecule has 1 unspecified atom stereocenters.